The van der Waals surface area contributed by atoms with Crippen molar-refractivity contribution in [2.45, 2.75) is 57.1 Å². The van der Waals surface area contributed by atoms with E-state index < -0.39 is 0 Å². The summed E-state index contributed by atoms with van der Waals surface area (Å²) in [5.41, 5.74) is -0.180. The van der Waals surface area contributed by atoms with Crippen molar-refractivity contribution in [2.75, 3.05) is 20.3 Å². The number of aliphatic hydroxyl groups is 1. The first-order valence-corrected chi connectivity index (χ1v) is 7.11. The van der Waals surface area contributed by atoms with Gasteiger partial charge in [-0.2, -0.15) is 0 Å². The molecule has 2 N–H and O–H groups in total. The molecule has 17 heavy (non-hydrogen) atoms. The molecule has 2 rings (SSSR count). The smallest absolute Gasteiger partial charge is 0.0677 e. The van der Waals surface area contributed by atoms with Crippen LogP contribution in [-0.4, -0.2) is 37.0 Å². The minimum absolute atomic E-state index is 0.180. The van der Waals surface area contributed by atoms with E-state index in [9.17, 15) is 5.11 Å². The molecule has 0 spiro atoms. The summed E-state index contributed by atoms with van der Waals surface area (Å²) in [5.74, 6) is 1.41. The lowest BCUT2D eigenvalue weighted by atomic mass is 9.88. The lowest BCUT2D eigenvalue weighted by Crippen LogP contribution is -2.53. The molecule has 100 valence electrons. The SMILES string of the molecule is CNC(CO)(COC1CCCC(C)C1)C1CC1. The minimum Gasteiger partial charge on any atom is -0.394 e. The fraction of sp³-hybridized carbons (Fsp3) is 1.00. The maximum Gasteiger partial charge on any atom is 0.0677 e. The van der Waals surface area contributed by atoms with Gasteiger partial charge in [0.15, 0.2) is 0 Å². The molecule has 0 heterocycles. The van der Waals surface area contributed by atoms with E-state index in [1.54, 1.807) is 0 Å². The highest BCUT2D eigenvalue weighted by atomic mass is 16.5. The second kappa shape index (κ2) is 5.68. The van der Waals surface area contributed by atoms with Gasteiger partial charge >= 0.3 is 0 Å². The molecule has 3 heteroatoms. The molecule has 0 aliphatic heterocycles. The van der Waals surface area contributed by atoms with Crippen molar-refractivity contribution < 1.29 is 9.84 Å². The number of nitrogens with one attached hydrogen (secondary N) is 1. The lowest BCUT2D eigenvalue weighted by Gasteiger charge is -2.35. The van der Waals surface area contributed by atoms with Crippen LogP contribution in [0.2, 0.25) is 0 Å². The Balaban J connectivity index is 1.82. The van der Waals surface area contributed by atoms with E-state index in [0.717, 1.165) is 5.92 Å². The van der Waals surface area contributed by atoms with Gasteiger partial charge in [0.1, 0.15) is 0 Å². The van der Waals surface area contributed by atoms with Gasteiger partial charge in [-0.15, -0.1) is 0 Å². The Morgan fingerprint density at radius 3 is 2.59 bits per heavy atom. The van der Waals surface area contributed by atoms with Gasteiger partial charge in [-0.25, -0.2) is 0 Å². The molecule has 0 aromatic carbocycles. The Labute approximate surface area is 105 Å². The number of ether oxygens (including phenoxy) is 1. The summed E-state index contributed by atoms with van der Waals surface area (Å²) in [4.78, 5) is 0. The Hall–Kier alpha value is -0.120. The largest absolute Gasteiger partial charge is 0.394 e. The van der Waals surface area contributed by atoms with E-state index in [4.69, 9.17) is 4.74 Å². The maximum atomic E-state index is 9.63. The first kappa shape index (κ1) is 13.3. The lowest BCUT2D eigenvalue weighted by molar-refractivity contribution is -0.0363. The second-order valence-electron chi connectivity index (χ2n) is 6.04. The van der Waals surface area contributed by atoms with Crippen LogP contribution in [0.5, 0.6) is 0 Å². The molecular weight excluding hydrogens is 214 g/mol. The van der Waals surface area contributed by atoms with Crippen LogP contribution in [0.15, 0.2) is 0 Å². The normalized spacial score (nSPS) is 33.4. The molecule has 3 unspecified atom stereocenters. The standard InChI is InChI=1S/C14H27NO2/c1-11-4-3-5-13(8-11)17-10-14(9-16,15-2)12-6-7-12/h11-13,15-16H,3-10H2,1-2H3. The predicted octanol–water partition coefficient (Wildman–Crippen LogP) is 1.94. The van der Waals surface area contributed by atoms with E-state index >= 15 is 0 Å². The van der Waals surface area contributed by atoms with Crippen molar-refractivity contribution >= 4 is 0 Å². The van der Waals surface area contributed by atoms with Gasteiger partial charge in [0.2, 0.25) is 0 Å². The Bertz CT molecular complexity index is 236. The summed E-state index contributed by atoms with van der Waals surface area (Å²) in [7, 11) is 1.95. The molecule has 3 nitrogen and oxygen atoms in total. The van der Waals surface area contributed by atoms with E-state index in [1.165, 1.54) is 38.5 Å². The van der Waals surface area contributed by atoms with Crippen molar-refractivity contribution in [2.24, 2.45) is 11.8 Å². The molecule has 3 atom stereocenters. The predicted molar refractivity (Wildman–Crippen MR) is 69.0 cm³/mol. The van der Waals surface area contributed by atoms with E-state index in [-0.39, 0.29) is 12.1 Å². The summed E-state index contributed by atoms with van der Waals surface area (Å²) in [6, 6.07) is 0. The molecule has 0 amide bonds. The van der Waals surface area contributed by atoms with Crippen LogP contribution in [-0.2, 0) is 4.74 Å². The van der Waals surface area contributed by atoms with Crippen LogP contribution in [0, 0.1) is 11.8 Å². The fourth-order valence-electron chi connectivity index (χ4n) is 3.08. The Morgan fingerprint density at radius 1 is 1.29 bits per heavy atom. The van der Waals surface area contributed by atoms with Gasteiger partial charge in [-0.3, -0.25) is 0 Å². The maximum absolute atomic E-state index is 9.63. The van der Waals surface area contributed by atoms with Crippen LogP contribution >= 0.6 is 0 Å². The first-order chi connectivity index (χ1) is 8.20. The molecule has 0 saturated heterocycles. The van der Waals surface area contributed by atoms with E-state index in [2.05, 4.69) is 12.2 Å². The van der Waals surface area contributed by atoms with E-state index in [1.807, 2.05) is 7.05 Å². The van der Waals surface area contributed by atoms with Gasteiger partial charge in [-0.05, 0) is 44.6 Å². The van der Waals surface area contributed by atoms with Crippen LogP contribution in [0.4, 0.5) is 0 Å². The van der Waals surface area contributed by atoms with Gasteiger partial charge < -0.3 is 15.2 Å². The van der Waals surface area contributed by atoms with Gasteiger partial charge in [-0.1, -0.05) is 19.8 Å². The average Bonchev–Trinajstić information content (AvgIpc) is 3.16. The highest BCUT2D eigenvalue weighted by Crippen LogP contribution is 2.40. The monoisotopic (exact) mass is 241 g/mol. The minimum atomic E-state index is -0.180. The van der Waals surface area contributed by atoms with Gasteiger partial charge in [0.05, 0.1) is 24.9 Å². The molecule has 2 aliphatic carbocycles. The quantitative estimate of drug-likeness (QED) is 0.747. The van der Waals surface area contributed by atoms with Crippen molar-refractivity contribution in [1.82, 2.24) is 5.32 Å². The topological polar surface area (TPSA) is 41.5 Å². The van der Waals surface area contributed by atoms with Crippen LogP contribution < -0.4 is 5.32 Å². The van der Waals surface area contributed by atoms with Crippen molar-refractivity contribution in [1.29, 1.82) is 0 Å². The van der Waals surface area contributed by atoms with Crippen LogP contribution in [0.25, 0.3) is 0 Å². The van der Waals surface area contributed by atoms with Crippen molar-refractivity contribution in [3.63, 3.8) is 0 Å². The third-order valence-corrected chi connectivity index (χ3v) is 4.60. The Morgan fingerprint density at radius 2 is 2.06 bits per heavy atom. The van der Waals surface area contributed by atoms with Crippen LogP contribution in [0.3, 0.4) is 0 Å². The molecule has 0 bridgehead atoms. The van der Waals surface area contributed by atoms with Crippen molar-refractivity contribution in [3.05, 3.63) is 0 Å². The summed E-state index contributed by atoms with van der Waals surface area (Å²) >= 11 is 0. The molecule has 2 saturated carbocycles. The first-order valence-electron chi connectivity index (χ1n) is 7.11. The number of hydrogen-bond acceptors (Lipinski definition) is 3. The average molecular weight is 241 g/mol. The number of likely N-dealkylation sites (N-methyl/N-ethyl adjacent to an activating group) is 1. The van der Waals surface area contributed by atoms with Gasteiger partial charge in [0, 0.05) is 0 Å². The molecule has 0 aromatic heterocycles. The zero-order chi connectivity index (χ0) is 12.3. The number of rotatable bonds is 6. The third-order valence-electron chi connectivity index (χ3n) is 4.60. The fourth-order valence-corrected chi connectivity index (χ4v) is 3.08. The highest BCUT2D eigenvalue weighted by molar-refractivity contribution is 5.00. The van der Waals surface area contributed by atoms with E-state index in [0.29, 0.717) is 18.6 Å². The molecule has 0 aromatic rings. The van der Waals surface area contributed by atoms with Gasteiger partial charge in [0.25, 0.3) is 0 Å². The Kier molecular flexibility index (Phi) is 4.45. The number of hydrogen-bond donors (Lipinski definition) is 2. The zero-order valence-corrected chi connectivity index (χ0v) is 11.2. The molecular formula is C14H27NO2. The second-order valence-corrected chi connectivity index (χ2v) is 6.04. The highest BCUT2D eigenvalue weighted by Gasteiger charge is 2.44. The summed E-state index contributed by atoms with van der Waals surface area (Å²) < 4.78 is 6.08. The number of aliphatic hydroxyl groups excluding tert-OH is 1. The van der Waals surface area contributed by atoms with Crippen molar-refractivity contribution in [3.8, 4) is 0 Å². The zero-order valence-electron chi connectivity index (χ0n) is 11.2. The molecule has 2 fully saturated rings. The summed E-state index contributed by atoms with van der Waals surface area (Å²) in [6.07, 6.45) is 7.89. The molecule has 2 aliphatic rings. The summed E-state index contributed by atoms with van der Waals surface area (Å²) in [6.45, 7) is 3.17. The summed E-state index contributed by atoms with van der Waals surface area (Å²) in [5, 5.41) is 12.9. The molecule has 0 radical (unpaired) electrons. The van der Waals surface area contributed by atoms with Crippen LogP contribution in [0.1, 0.15) is 45.4 Å². The third kappa shape index (κ3) is 3.21.